The number of aliphatic hydroxyl groups is 2. The molecule has 0 bridgehead atoms. The zero-order chi connectivity index (χ0) is 14.0. The first-order valence-electron chi connectivity index (χ1n) is 6.22. The number of amides is 1. The predicted molar refractivity (Wildman–Crippen MR) is 66.8 cm³/mol. The van der Waals surface area contributed by atoms with Gasteiger partial charge >= 0.3 is 0 Å². The second-order valence-electron chi connectivity index (χ2n) is 4.88. The van der Waals surface area contributed by atoms with Crippen molar-refractivity contribution >= 4 is 5.91 Å². The van der Waals surface area contributed by atoms with Gasteiger partial charge < -0.3 is 20.3 Å². The average molecular weight is 269 g/mol. The van der Waals surface area contributed by atoms with E-state index in [1.807, 2.05) is 0 Å². The molecule has 1 aliphatic carbocycles. The number of rotatable bonds is 4. The van der Waals surface area contributed by atoms with Crippen LogP contribution in [0.2, 0.25) is 0 Å². The van der Waals surface area contributed by atoms with Crippen LogP contribution in [0.4, 0.5) is 0 Å². The number of aliphatic hydroxyl groups excluding tert-OH is 2. The fraction of sp³-hybridized carbons (Fsp3) is 0.667. The molecule has 1 aromatic rings. The molecule has 1 aromatic heterocycles. The highest BCUT2D eigenvalue weighted by molar-refractivity contribution is 5.96. The molecule has 19 heavy (non-hydrogen) atoms. The van der Waals surface area contributed by atoms with Gasteiger partial charge in [-0.3, -0.25) is 9.48 Å². The van der Waals surface area contributed by atoms with Crippen LogP contribution in [0, 0.1) is 5.92 Å². The van der Waals surface area contributed by atoms with Crippen molar-refractivity contribution in [2.45, 2.75) is 25.0 Å². The molecule has 0 radical (unpaired) electrons. The van der Waals surface area contributed by atoms with Gasteiger partial charge in [0.25, 0.3) is 5.91 Å². The topological polar surface area (TPSA) is 96.6 Å². The summed E-state index contributed by atoms with van der Waals surface area (Å²) < 4.78 is 6.54. The molecule has 0 saturated heterocycles. The summed E-state index contributed by atoms with van der Waals surface area (Å²) in [4.78, 5) is 12.1. The van der Waals surface area contributed by atoms with E-state index in [9.17, 15) is 9.90 Å². The molecule has 1 saturated carbocycles. The molecule has 7 heteroatoms. The number of methoxy groups -OCH3 is 1. The first-order chi connectivity index (χ1) is 9.05. The maximum Gasteiger partial charge on any atom is 0.258 e. The van der Waals surface area contributed by atoms with Gasteiger partial charge in [-0.15, -0.1) is 5.10 Å². The summed E-state index contributed by atoms with van der Waals surface area (Å²) in [5.74, 6) is -0.168. The van der Waals surface area contributed by atoms with Gasteiger partial charge in [0.15, 0.2) is 0 Å². The Bertz CT molecular complexity index is 460. The van der Waals surface area contributed by atoms with Crippen LogP contribution >= 0.6 is 0 Å². The van der Waals surface area contributed by atoms with Crippen molar-refractivity contribution in [3.05, 3.63) is 11.8 Å². The van der Waals surface area contributed by atoms with E-state index in [1.54, 1.807) is 13.2 Å². The summed E-state index contributed by atoms with van der Waals surface area (Å²) >= 11 is 0. The van der Waals surface area contributed by atoms with Crippen LogP contribution < -0.4 is 10.1 Å². The lowest BCUT2D eigenvalue weighted by molar-refractivity contribution is 0.0903. The van der Waals surface area contributed by atoms with Crippen molar-refractivity contribution in [1.82, 2.24) is 15.1 Å². The van der Waals surface area contributed by atoms with Gasteiger partial charge in [-0.25, -0.2) is 0 Å². The highest BCUT2D eigenvalue weighted by atomic mass is 16.5. The molecule has 0 aliphatic heterocycles. The zero-order valence-electron chi connectivity index (χ0n) is 11.0. The Morgan fingerprint density at radius 2 is 2.37 bits per heavy atom. The second-order valence-corrected chi connectivity index (χ2v) is 4.88. The fourth-order valence-corrected chi connectivity index (χ4v) is 2.45. The molecule has 0 spiro atoms. The van der Waals surface area contributed by atoms with Crippen LogP contribution in [0.1, 0.15) is 23.2 Å². The Labute approximate surface area is 111 Å². The quantitative estimate of drug-likeness (QED) is 0.671. The number of hydrogen-bond donors (Lipinski definition) is 3. The number of nitrogens with zero attached hydrogens (tertiary/aromatic N) is 2. The summed E-state index contributed by atoms with van der Waals surface area (Å²) in [6.07, 6.45) is 2.06. The molecule has 1 amide bonds. The molecular weight excluding hydrogens is 250 g/mol. The Balaban J connectivity index is 2.02. The van der Waals surface area contributed by atoms with Crippen molar-refractivity contribution < 1.29 is 19.7 Å². The minimum atomic E-state index is -0.564. The SMILES string of the molecule is COc1nn(C)cc1C(=O)NC1CC(O)C(CO)C1. The molecule has 3 N–H and O–H groups in total. The van der Waals surface area contributed by atoms with Crippen LogP contribution in [0.25, 0.3) is 0 Å². The highest BCUT2D eigenvalue weighted by Crippen LogP contribution is 2.26. The monoisotopic (exact) mass is 269 g/mol. The van der Waals surface area contributed by atoms with Crippen molar-refractivity contribution in [1.29, 1.82) is 0 Å². The summed E-state index contributed by atoms with van der Waals surface area (Å²) in [5.41, 5.74) is 0.368. The van der Waals surface area contributed by atoms with E-state index in [2.05, 4.69) is 10.4 Å². The predicted octanol–water partition coefficient (Wildman–Crippen LogP) is -0.710. The Kier molecular flexibility index (Phi) is 4.06. The van der Waals surface area contributed by atoms with Gasteiger partial charge in [0.05, 0.1) is 13.2 Å². The van der Waals surface area contributed by atoms with Crippen molar-refractivity contribution in [2.24, 2.45) is 13.0 Å². The fourth-order valence-electron chi connectivity index (χ4n) is 2.45. The average Bonchev–Trinajstić information content (AvgIpc) is 2.92. The lowest BCUT2D eigenvalue weighted by atomic mass is 10.1. The first kappa shape index (κ1) is 13.8. The van der Waals surface area contributed by atoms with Gasteiger partial charge in [0.1, 0.15) is 5.56 Å². The lowest BCUT2D eigenvalue weighted by Gasteiger charge is -2.11. The van der Waals surface area contributed by atoms with Gasteiger partial charge in [-0.05, 0) is 12.8 Å². The van der Waals surface area contributed by atoms with Crippen LogP contribution in [0.15, 0.2) is 6.20 Å². The van der Waals surface area contributed by atoms with E-state index >= 15 is 0 Å². The largest absolute Gasteiger partial charge is 0.479 e. The summed E-state index contributed by atoms with van der Waals surface area (Å²) in [7, 11) is 3.17. The number of ether oxygens (including phenoxy) is 1. The molecular formula is C12H19N3O4. The van der Waals surface area contributed by atoms with Gasteiger partial charge in [0.2, 0.25) is 5.88 Å². The van der Waals surface area contributed by atoms with Crippen molar-refractivity contribution in [3.63, 3.8) is 0 Å². The van der Waals surface area contributed by atoms with E-state index in [0.717, 1.165) is 0 Å². The molecule has 1 fully saturated rings. The molecule has 7 nitrogen and oxygen atoms in total. The molecule has 106 valence electrons. The smallest absolute Gasteiger partial charge is 0.258 e. The van der Waals surface area contributed by atoms with Crippen LogP contribution in [-0.2, 0) is 7.05 Å². The Morgan fingerprint density at radius 1 is 1.63 bits per heavy atom. The van der Waals surface area contributed by atoms with E-state index in [4.69, 9.17) is 9.84 Å². The Morgan fingerprint density at radius 3 is 2.95 bits per heavy atom. The van der Waals surface area contributed by atoms with Gasteiger partial charge in [-0.2, -0.15) is 0 Å². The number of aryl methyl sites for hydroxylation is 1. The molecule has 1 aliphatic rings. The number of nitrogens with one attached hydrogen (secondary N) is 1. The van der Waals surface area contributed by atoms with Crippen molar-refractivity contribution in [2.75, 3.05) is 13.7 Å². The first-order valence-corrected chi connectivity index (χ1v) is 6.22. The summed E-state index contributed by atoms with van der Waals surface area (Å²) in [6.45, 7) is -0.0657. The van der Waals surface area contributed by atoms with Crippen molar-refractivity contribution in [3.8, 4) is 5.88 Å². The molecule has 3 atom stereocenters. The molecule has 3 unspecified atom stereocenters. The molecule has 2 rings (SSSR count). The number of aromatic nitrogens is 2. The maximum absolute atomic E-state index is 12.1. The third-order valence-corrected chi connectivity index (χ3v) is 3.46. The zero-order valence-corrected chi connectivity index (χ0v) is 11.0. The second kappa shape index (κ2) is 5.58. The molecule has 1 heterocycles. The van der Waals surface area contributed by atoms with Gasteiger partial charge in [-0.1, -0.05) is 0 Å². The highest BCUT2D eigenvalue weighted by Gasteiger charge is 2.33. The summed E-state index contributed by atoms with van der Waals surface area (Å²) in [6, 6.07) is -0.135. The van der Waals surface area contributed by atoms with E-state index in [1.165, 1.54) is 11.8 Å². The number of hydrogen-bond acceptors (Lipinski definition) is 5. The Hall–Kier alpha value is -1.60. The number of carbonyl (C=O) groups is 1. The summed E-state index contributed by atoms with van der Waals surface area (Å²) in [5, 5.41) is 25.6. The number of carbonyl (C=O) groups excluding carboxylic acids is 1. The standard InChI is InChI=1S/C12H19N3O4/c1-15-5-9(12(14-15)19-2)11(18)13-8-3-7(6-16)10(17)4-8/h5,7-8,10,16-17H,3-4,6H2,1-2H3,(H,13,18). The normalized spacial score (nSPS) is 26.4. The minimum absolute atomic E-state index is 0.0657. The molecule has 0 aromatic carbocycles. The third-order valence-electron chi connectivity index (χ3n) is 3.46. The maximum atomic E-state index is 12.1. The van der Waals surface area contributed by atoms with E-state index < -0.39 is 6.10 Å². The van der Waals surface area contributed by atoms with Gasteiger partial charge in [0, 0.05) is 31.8 Å². The van der Waals surface area contributed by atoms with Crippen LogP contribution in [-0.4, -0.2) is 51.8 Å². The van der Waals surface area contributed by atoms with Crippen LogP contribution in [0.5, 0.6) is 5.88 Å². The minimum Gasteiger partial charge on any atom is -0.479 e. The lowest BCUT2D eigenvalue weighted by Crippen LogP contribution is -2.33. The van der Waals surface area contributed by atoms with E-state index in [0.29, 0.717) is 18.4 Å². The van der Waals surface area contributed by atoms with Crippen LogP contribution in [0.3, 0.4) is 0 Å². The third kappa shape index (κ3) is 2.87. The van der Waals surface area contributed by atoms with E-state index in [-0.39, 0.29) is 30.4 Å².